The van der Waals surface area contributed by atoms with E-state index in [-0.39, 0.29) is 17.9 Å². The van der Waals surface area contributed by atoms with Gasteiger partial charge in [0.15, 0.2) is 0 Å². The van der Waals surface area contributed by atoms with E-state index in [0.29, 0.717) is 19.7 Å². The number of carbonyl (C=O) groups is 1. The first-order valence-electron chi connectivity index (χ1n) is 11.6. The van der Waals surface area contributed by atoms with E-state index in [4.69, 9.17) is 9.47 Å². The highest BCUT2D eigenvalue weighted by Crippen LogP contribution is 2.44. The molecule has 3 aromatic carbocycles. The molecule has 5 heteroatoms. The molecular weight excluding hydrogens is 414 g/mol. The summed E-state index contributed by atoms with van der Waals surface area (Å²) in [6, 6.07) is 24.2. The topological polar surface area (TPSA) is 59.0 Å². The predicted octanol–water partition coefficient (Wildman–Crippen LogP) is 5.39. The molecule has 0 spiro atoms. The molecule has 0 bridgehead atoms. The minimum Gasteiger partial charge on any atom is -0.497 e. The average Bonchev–Trinajstić information content (AvgIpc) is 3.20. The monoisotopic (exact) mass is 443 g/mol. The Morgan fingerprint density at radius 1 is 0.939 bits per heavy atom. The number of aliphatic hydroxyl groups excluding tert-OH is 1. The van der Waals surface area contributed by atoms with Gasteiger partial charge in [-0.3, -0.25) is 0 Å². The lowest BCUT2D eigenvalue weighted by atomic mass is 9.87. The van der Waals surface area contributed by atoms with Crippen LogP contribution in [0.4, 0.5) is 4.79 Å². The molecule has 0 saturated carbocycles. The summed E-state index contributed by atoms with van der Waals surface area (Å²) in [6.45, 7) is 1.52. The van der Waals surface area contributed by atoms with Gasteiger partial charge in [-0.25, -0.2) is 4.79 Å². The Morgan fingerprint density at radius 2 is 1.52 bits per heavy atom. The molecule has 1 N–H and O–H groups in total. The second-order valence-electron chi connectivity index (χ2n) is 8.85. The zero-order chi connectivity index (χ0) is 22.8. The number of fused-ring (bicyclic) bond motifs is 3. The molecule has 33 heavy (non-hydrogen) atoms. The number of rotatable bonds is 5. The quantitative estimate of drug-likeness (QED) is 0.574. The fraction of sp³-hybridized carbons (Fsp3) is 0.321. The van der Waals surface area contributed by atoms with Crippen LogP contribution in [0.15, 0.2) is 72.8 Å². The van der Waals surface area contributed by atoms with Crippen LogP contribution in [0.3, 0.4) is 0 Å². The largest absolute Gasteiger partial charge is 0.497 e. The normalized spacial score (nSPS) is 16.7. The van der Waals surface area contributed by atoms with E-state index in [1.54, 1.807) is 12.0 Å². The minimum absolute atomic E-state index is 0.0655. The Morgan fingerprint density at radius 3 is 2.09 bits per heavy atom. The SMILES string of the molecule is COc1ccc(C(O)C2CCN(C(=O)OCC3c4ccccc4-c4ccccc43)CC2)cc1. The molecule has 170 valence electrons. The maximum atomic E-state index is 12.8. The van der Waals surface area contributed by atoms with Crippen molar-refractivity contribution in [3.8, 4) is 16.9 Å². The van der Waals surface area contributed by atoms with Gasteiger partial charge in [-0.05, 0) is 58.7 Å². The number of piperidine rings is 1. The van der Waals surface area contributed by atoms with Gasteiger partial charge in [0, 0.05) is 19.0 Å². The number of amides is 1. The van der Waals surface area contributed by atoms with Gasteiger partial charge < -0.3 is 19.5 Å². The first kappa shape index (κ1) is 21.5. The molecule has 1 fully saturated rings. The van der Waals surface area contributed by atoms with Gasteiger partial charge in [-0.2, -0.15) is 0 Å². The van der Waals surface area contributed by atoms with Gasteiger partial charge in [0.25, 0.3) is 0 Å². The van der Waals surface area contributed by atoms with Crippen molar-refractivity contribution in [1.29, 1.82) is 0 Å². The van der Waals surface area contributed by atoms with Gasteiger partial charge in [-0.1, -0.05) is 60.7 Å². The van der Waals surface area contributed by atoms with Crippen molar-refractivity contribution in [1.82, 2.24) is 4.90 Å². The fourth-order valence-corrected chi connectivity index (χ4v) is 5.16. The van der Waals surface area contributed by atoms with Gasteiger partial charge in [0.1, 0.15) is 12.4 Å². The highest BCUT2D eigenvalue weighted by molar-refractivity contribution is 5.79. The molecule has 1 aliphatic heterocycles. The van der Waals surface area contributed by atoms with Crippen LogP contribution in [0.1, 0.15) is 41.6 Å². The zero-order valence-electron chi connectivity index (χ0n) is 18.8. The van der Waals surface area contributed by atoms with Crippen LogP contribution >= 0.6 is 0 Å². The van der Waals surface area contributed by atoms with E-state index in [1.807, 2.05) is 36.4 Å². The number of aliphatic hydroxyl groups is 1. The van der Waals surface area contributed by atoms with E-state index in [9.17, 15) is 9.90 Å². The molecule has 3 aromatic rings. The lowest BCUT2D eigenvalue weighted by Gasteiger charge is -2.34. The van der Waals surface area contributed by atoms with Crippen LogP contribution in [0, 0.1) is 5.92 Å². The molecule has 1 unspecified atom stereocenters. The summed E-state index contributed by atoms with van der Waals surface area (Å²) >= 11 is 0. The minimum atomic E-state index is -0.541. The second kappa shape index (κ2) is 9.28. The summed E-state index contributed by atoms with van der Waals surface area (Å²) in [7, 11) is 1.63. The smallest absolute Gasteiger partial charge is 0.409 e. The van der Waals surface area contributed by atoms with Crippen LogP contribution in [-0.2, 0) is 4.74 Å². The molecular formula is C28H29NO4. The molecule has 1 heterocycles. The Balaban J connectivity index is 1.18. The number of methoxy groups -OCH3 is 1. The summed E-state index contributed by atoms with van der Waals surface area (Å²) in [5, 5.41) is 10.8. The Hall–Kier alpha value is -3.31. The van der Waals surface area contributed by atoms with E-state index in [2.05, 4.69) is 36.4 Å². The lowest BCUT2D eigenvalue weighted by molar-refractivity contribution is 0.0464. The predicted molar refractivity (Wildman–Crippen MR) is 127 cm³/mol. The van der Waals surface area contributed by atoms with Crippen molar-refractivity contribution in [3.05, 3.63) is 89.5 Å². The third kappa shape index (κ3) is 4.21. The average molecular weight is 444 g/mol. The molecule has 5 nitrogen and oxygen atoms in total. The summed E-state index contributed by atoms with van der Waals surface area (Å²) in [4.78, 5) is 14.6. The maximum Gasteiger partial charge on any atom is 0.409 e. The first-order chi connectivity index (χ1) is 16.2. The van der Waals surface area contributed by atoms with Crippen molar-refractivity contribution >= 4 is 6.09 Å². The second-order valence-corrected chi connectivity index (χ2v) is 8.85. The number of likely N-dealkylation sites (tertiary alicyclic amines) is 1. The standard InChI is InChI=1S/C28H29NO4/c1-32-21-12-10-19(11-13-21)27(30)20-14-16-29(17-15-20)28(31)33-18-26-24-8-4-2-6-22(24)23-7-3-5-9-25(23)26/h2-13,20,26-27,30H,14-18H2,1H3. The summed E-state index contributed by atoms with van der Waals surface area (Å²) in [5.74, 6) is 0.961. The van der Waals surface area contributed by atoms with Crippen LogP contribution in [0.5, 0.6) is 5.75 Å². The lowest BCUT2D eigenvalue weighted by Crippen LogP contribution is -2.40. The van der Waals surface area contributed by atoms with Crippen molar-refractivity contribution in [2.75, 3.05) is 26.8 Å². The van der Waals surface area contributed by atoms with Gasteiger partial charge in [0.05, 0.1) is 13.2 Å². The van der Waals surface area contributed by atoms with E-state index >= 15 is 0 Å². The summed E-state index contributed by atoms with van der Waals surface area (Å²) in [5.41, 5.74) is 5.76. The maximum absolute atomic E-state index is 12.8. The molecule has 0 aromatic heterocycles. The van der Waals surface area contributed by atoms with Gasteiger partial charge >= 0.3 is 6.09 Å². The molecule has 1 amide bonds. The van der Waals surface area contributed by atoms with Gasteiger partial charge in [0.2, 0.25) is 0 Å². The van der Waals surface area contributed by atoms with Crippen LogP contribution < -0.4 is 4.74 Å². The number of benzene rings is 3. The fourth-order valence-electron chi connectivity index (χ4n) is 5.16. The number of hydrogen-bond acceptors (Lipinski definition) is 4. The third-order valence-electron chi connectivity index (χ3n) is 7.04. The Bertz CT molecular complexity index is 1070. The Kier molecular flexibility index (Phi) is 6.05. The number of ether oxygens (including phenoxy) is 2. The molecule has 2 aliphatic rings. The zero-order valence-corrected chi connectivity index (χ0v) is 18.8. The number of nitrogens with zero attached hydrogens (tertiary/aromatic N) is 1. The highest BCUT2D eigenvalue weighted by atomic mass is 16.6. The van der Waals surface area contributed by atoms with E-state index in [1.165, 1.54) is 22.3 Å². The Labute approximate surface area is 194 Å². The molecule has 1 atom stereocenters. The first-order valence-corrected chi connectivity index (χ1v) is 11.6. The van der Waals surface area contributed by atoms with Crippen LogP contribution in [0.2, 0.25) is 0 Å². The van der Waals surface area contributed by atoms with Crippen LogP contribution in [-0.4, -0.2) is 42.9 Å². The van der Waals surface area contributed by atoms with E-state index < -0.39 is 6.10 Å². The van der Waals surface area contributed by atoms with E-state index in [0.717, 1.165) is 24.2 Å². The van der Waals surface area contributed by atoms with Crippen LogP contribution in [0.25, 0.3) is 11.1 Å². The molecule has 1 saturated heterocycles. The highest BCUT2D eigenvalue weighted by Gasteiger charge is 2.32. The summed E-state index contributed by atoms with van der Waals surface area (Å²) in [6.07, 6.45) is 0.684. The molecule has 1 aliphatic carbocycles. The van der Waals surface area contributed by atoms with Gasteiger partial charge in [-0.15, -0.1) is 0 Å². The van der Waals surface area contributed by atoms with Crippen molar-refractivity contribution in [3.63, 3.8) is 0 Å². The van der Waals surface area contributed by atoms with Crippen molar-refractivity contribution in [2.45, 2.75) is 24.9 Å². The number of hydrogen-bond donors (Lipinski definition) is 1. The number of carbonyl (C=O) groups excluding carboxylic acids is 1. The molecule has 5 rings (SSSR count). The summed E-state index contributed by atoms with van der Waals surface area (Å²) < 4.78 is 11.0. The van der Waals surface area contributed by atoms with Crippen molar-refractivity contribution < 1.29 is 19.4 Å². The van der Waals surface area contributed by atoms with Crippen molar-refractivity contribution in [2.24, 2.45) is 5.92 Å². The third-order valence-corrected chi connectivity index (χ3v) is 7.04. The molecule has 0 radical (unpaired) electrons.